The molecule has 0 fully saturated rings. The normalized spacial score (nSPS) is 7.70. The minimum atomic E-state index is -0.256. The van der Waals surface area contributed by atoms with Crippen LogP contribution in [0.1, 0.15) is 102 Å². The number of Topliss-reactive ketones (excluding diaryl/α,β-unsaturated/α-hetero) is 1. The number of hydrogen-bond acceptors (Lipinski definition) is 5. The maximum absolute atomic E-state index is 11.8. The van der Waals surface area contributed by atoms with Crippen molar-refractivity contribution < 1.29 is 27.6 Å². The second-order valence-corrected chi connectivity index (χ2v) is 23.1. The summed E-state index contributed by atoms with van der Waals surface area (Å²) in [7, 11) is 0. The standard InChI is InChI=1S/C13H11NO.C9H10O2.C6H7N.4C2H6.CH4.I3.I2/c15-13(11-6-2-1-3-7-11)10-12-8-4-5-9-14-12;1-2-11-9(10)8-6-4-3-5-7-8;1-6-4-2-3-5-7-6;4*1-2;;1-3-2;1-2/h1-9H,10H2;3-7H,2H2,1H3;2-5H,1H3;4*1-2H3;1H4;;/q;;;;;;;;-1;. The van der Waals surface area contributed by atoms with Crippen LogP contribution in [0.4, 0.5) is 0 Å². The SMILES string of the molecule is C.CC.CC.CC.CC.CCOC(=O)c1ccccc1.Cc1ccccn1.II.I[I-]I.O=C(Cc1ccccn1)c1ccccc1. The third-order valence-corrected chi connectivity index (χ3v) is 4.26. The Kier molecular flexibility index (Phi) is 65.4. The average molecular weight is 1210 g/mol. The van der Waals surface area contributed by atoms with Crippen LogP contribution in [0.2, 0.25) is 0 Å². The smallest absolute Gasteiger partial charge is 0.168 e. The van der Waals surface area contributed by atoms with Crippen LogP contribution < -0.4 is 13.3 Å². The monoisotopic (exact) mass is 1210 g/mol. The van der Waals surface area contributed by atoms with E-state index in [9.17, 15) is 9.59 Å². The molecule has 4 rings (SSSR count). The van der Waals surface area contributed by atoms with Gasteiger partial charge in [-0.2, -0.15) is 0 Å². The first-order chi connectivity index (χ1) is 22.5. The summed E-state index contributed by atoms with van der Waals surface area (Å²) in [6.45, 7) is 20.2. The molecule has 0 unspecified atom stereocenters. The molecule has 0 amide bonds. The van der Waals surface area contributed by atoms with E-state index < -0.39 is 0 Å². The van der Waals surface area contributed by atoms with Gasteiger partial charge >= 0.3 is 56.5 Å². The van der Waals surface area contributed by atoms with E-state index in [2.05, 4.69) is 84.4 Å². The minimum Gasteiger partial charge on any atom is -0.294 e. The molecule has 0 aliphatic rings. The van der Waals surface area contributed by atoms with E-state index in [1.165, 1.54) is 0 Å². The van der Waals surface area contributed by atoms with Crippen molar-refractivity contribution in [1.29, 1.82) is 0 Å². The Hall–Kier alpha value is -0.470. The number of nitrogens with zero attached hydrogens (tertiary/aromatic N) is 2. The molecule has 0 atom stereocenters. The minimum absolute atomic E-state index is 0. The molecule has 0 N–H and O–H groups in total. The predicted octanol–water partition coefficient (Wildman–Crippen LogP) is 11.0. The quantitative estimate of drug-likeness (QED) is 0.113. The molecule has 0 radical (unpaired) electrons. The summed E-state index contributed by atoms with van der Waals surface area (Å²) in [5.41, 5.74) is 3.23. The Labute approximate surface area is 341 Å². The first-order valence-corrected chi connectivity index (χ1v) is 34.0. The molecule has 0 bridgehead atoms. The number of carbonyl (C=O) groups is 2. The van der Waals surface area contributed by atoms with Crippen LogP contribution in [-0.4, -0.2) is 28.3 Å². The zero-order valence-electron chi connectivity index (χ0n) is 28.8. The van der Waals surface area contributed by atoms with Crippen molar-refractivity contribution in [3.05, 3.63) is 132 Å². The van der Waals surface area contributed by atoms with Crippen LogP contribution in [0, 0.1) is 6.92 Å². The number of halogens is 5. The molecule has 2 aromatic carbocycles. The van der Waals surface area contributed by atoms with Crippen molar-refractivity contribution in [2.24, 2.45) is 0 Å². The van der Waals surface area contributed by atoms with E-state index >= 15 is 0 Å². The Balaban J connectivity index is -0.000000117. The van der Waals surface area contributed by atoms with Gasteiger partial charge in [0.2, 0.25) is 0 Å². The number of pyridine rings is 2. The van der Waals surface area contributed by atoms with Crippen molar-refractivity contribution in [3.8, 4) is 0 Å². The van der Waals surface area contributed by atoms with Gasteiger partial charge < -0.3 is 4.74 Å². The molecule has 268 valence electrons. The van der Waals surface area contributed by atoms with E-state index in [-0.39, 0.29) is 19.2 Å². The van der Waals surface area contributed by atoms with Gasteiger partial charge in [0, 0.05) is 66.6 Å². The van der Waals surface area contributed by atoms with Gasteiger partial charge in [-0.3, -0.25) is 14.8 Å². The Bertz CT molecular complexity index is 1110. The largest absolute Gasteiger partial charge is 0.294 e. The Morgan fingerprint density at radius 2 is 1.02 bits per heavy atom. The topological polar surface area (TPSA) is 69.2 Å². The molecule has 10 heteroatoms. The molecule has 2 heterocycles. The van der Waals surface area contributed by atoms with Gasteiger partial charge in [-0.25, -0.2) is 4.79 Å². The summed E-state index contributed by atoms with van der Waals surface area (Å²) >= 11 is 9.54. The average Bonchev–Trinajstić information content (AvgIpc) is 3.15. The molecule has 47 heavy (non-hydrogen) atoms. The molecule has 0 aliphatic carbocycles. The summed E-state index contributed by atoms with van der Waals surface area (Å²) in [4.78, 5) is 30.9. The molecule has 0 aliphatic heterocycles. The van der Waals surface area contributed by atoms with Crippen molar-refractivity contribution in [1.82, 2.24) is 9.97 Å². The van der Waals surface area contributed by atoms with Gasteiger partial charge in [-0.15, -0.1) is 0 Å². The second kappa shape index (κ2) is 52.3. The van der Waals surface area contributed by atoms with Gasteiger partial charge in [0.25, 0.3) is 0 Å². The van der Waals surface area contributed by atoms with E-state index in [0.29, 0.717) is 31.8 Å². The maximum atomic E-state index is 11.8. The van der Waals surface area contributed by atoms with Crippen molar-refractivity contribution >= 4 is 86.2 Å². The number of esters is 1. The zero-order chi connectivity index (χ0) is 36.4. The fourth-order valence-electron chi connectivity index (χ4n) is 2.63. The third-order valence-electron chi connectivity index (χ3n) is 4.26. The number of rotatable bonds is 5. The predicted molar refractivity (Wildman–Crippen MR) is 238 cm³/mol. The number of benzene rings is 2. The molecular weight excluding hydrogens is 1150 g/mol. The van der Waals surface area contributed by atoms with E-state index in [1.54, 1.807) is 31.5 Å². The number of aromatic nitrogens is 2. The third kappa shape index (κ3) is 39.8. The van der Waals surface area contributed by atoms with E-state index in [1.807, 2.05) is 147 Å². The summed E-state index contributed by atoms with van der Waals surface area (Å²) in [6, 6.07) is 29.7. The fourth-order valence-corrected chi connectivity index (χ4v) is 2.63. The van der Waals surface area contributed by atoms with Gasteiger partial charge in [0.05, 0.1) is 18.6 Å². The molecule has 4 aromatic rings. The molecule has 0 saturated carbocycles. The van der Waals surface area contributed by atoms with Crippen LogP contribution in [0.15, 0.2) is 109 Å². The number of ketones is 1. The van der Waals surface area contributed by atoms with Crippen LogP contribution >= 0.6 is 74.5 Å². The van der Waals surface area contributed by atoms with Crippen molar-refractivity contribution in [2.45, 2.75) is 83.1 Å². The van der Waals surface area contributed by atoms with Crippen LogP contribution in [0.25, 0.3) is 0 Å². The number of aryl methyl sites for hydroxylation is 1. The maximum Gasteiger partial charge on any atom is 0.168 e. The summed E-state index contributed by atoms with van der Waals surface area (Å²) < 4.78 is 4.79. The molecule has 0 spiro atoms. The van der Waals surface area contributed by atoms with Gasteiger partial charge in [0.15, 0.2) is 5.78 Å². The van der Waals surface area contributed by atoms with Crippen molar-refractivity contribution in [2.75, 3.05) is 6.61 Å². The Morgan fingerprint density at radius 3 is 1.34 bits per heavy atom. The van der Waals surface area contributed by atoms with E-state index in [0.717, 1.165) is 17.0 Å². The first-order valence-electron chi connectivity index (χ1n) is 15.1. The van der Waals surface area contributed by atoms with Crippen LogP contribution in [0.3, 0.4) is 0 Å². The molecule has 2 aromatic heterocycles. The number of carbonyl (C=O) groups excluding carboxylic acids is 2. The molecular formula is C37H56I5N2O3-. The van der Waals surface area contributed by atoms with E-state index in [4.69, 9.17) is 4.74 Å². The Morgan fingerprint density at radius 1 is 0.638 bits per heavy atom. The van der Waals surface area contributed by atoms with Crippen molar-refractivity contribution in [3.63, 3.8) is 0 Å². The van der Waals surface area contributed by atoms with Gasteiger partial charge in [0.1, 0.15) is 0 Å². The molecule has 0 saturated heterocycles. The number of ether oxygens (including phenoxy) is 1. The summed E-state index contributed by atoms with van der Waals surface area (Å²) in [6.07, 6.45) is 3.85. The zero-order valence-corrected chi connectivity index (χ0v) is 39.6. The van der Waals surface area contributed by atoms with Crippen LogP contribution in [0.5, 0.6) is 0 Å². The number of hydrogen-bond donors (Lipinski definition) is 0. The van der Waals surface area contributed by atoms with Gasteiger partial charge in [-0.1, -0.05) is 123 Å². The second-order valence-electron chi connectivity index (χ2n) is 6.90. The van der Waals surface area contributed by atoms with Gasteiger partial charge in [-0.05, 0) is 50.2 Å². The summed E-state index contributed by atoms with van der Waals surface area (Å²) in [5.74, 6) is -0.151. The fraction of sp³-hybridized carbons (Fsp3) is 0.351. The first kappa shape index (κ1) is 58.7. The van der Waals surface area contributed by atoms with Crippen LogP contribution in [-0.2, 0) is 11.2 Å². The molecule has 5 nitrogen and oxygen atoms in total. The summed E-state index contributed by atoms with van der Waals surface area (Å²) in [5, 5.41) is 0.